The molecule has 2 fully saturated rings. The van der Waals surface area contributed by atoms with Crippen LogP contribution in [0.4, 0.5) is 0 Å². The predicted octanol–water partition coefficient (Wildman–Crippen LogP) is 2.56. The van der Waals surface area contributed by atoms with Crippen molar-refractivity contribution in [1.29, 1.82) is 0 Å². The van der Waals surface area contributed by atoms with Crippen molar-refractivity contribution in [3.05, 3.63) is 0 Å². The molecule has 0 aromatic carbocycles. The van der Waals surface area contributed by atoms with Gasteiger partial charge < -0.3 is 5.32 Å². The summed E-state index contributed by atoms with van der Waals surface area (Å²) in [6.45, 7) is 6.76. The molecule has 1 amide bonds. The molecule has 2 nitrogen and oxygen atoms in total. The number of hydrogen-bond donors (Lipinski definition) is 1. The number of alkyl halides is 1. The zero-order valence-corrected chi connectivity index (χ0v) is 10.5. The Labute approximate surface area is 96.8 Å². The fourth-order valence-corrected chi connectivity index (χ4v) is 3.76. The van der Waals surface area contributed by atoms with Crippen LogP contribution in [0.1, 0.15) is 40.0 Å². The van der Waals surface area contributed by atoms with Crippen molar-refractivity contribution < 1.29 is 4.79 Å². The summed E-state index contributed by atoms with van der Waals surface area (Å²) < 4.78 is 0. The van der Waals surface area contributed by atoms with Crippen molar-refractivity contribution in [2.75, 3.05) is 5.88 Å². The van der Waals surface area contributed by atoms with Gasteiger partial charge in [0.2, 0.25) is 5.91 Å². The van der Waals surface area contributed by atoms with Gasteiger partial charge >= 0.3 is 0 Å². The predicted molar refractivity (Wildman–Crippen MR) is 61.9 cm³/mol. The van der Waals surface area contributed by atoms with Gasteiger partial charge in [-0.25, -0.2) is 0 Å². The molecule has 2 saturated carbocycles. The van der Waals surface area contributed by atoms with Crippen molar-refractivity contribution in [1.82, 2.24) is 5.32 Å². The number of carbonyl (C=O) groups is 1. The van der Waals surface area contributed by atoms with E-state index in [4.69, 9.17) is 11.6 Å². The van der Waals surface area contributed by atoms with Crippen LogP contribution in [0.2, 0.25) is 0 Å². The van der Waals surface area contributed by atoms with Crippen LogP contribution in [0.5, 0.6) is 0 Å². The van der Waals surface area contributed by atoms with Crippen LogP contribution in [-0.2, 0) is 4.79 Å². The molecule has 0 aliphatic heterocycles. The van der Waals surface area contributed by atoms with Crippen molar-refractivity contribution in [3.63, 3.8) is 0 Å². The van der Waals surface area contributed by atoms with Crippen LogP contribution >= 0.6 is 11.6 Å². The molecule has 3 heteroatoms. The van der Waals surface area contributed by atoms with Gasteiger partial charge in [-0.05, 0) is 43.4 Å². The highest BCUT2D eigenvalue weighted by Gasteiger charge is 2.60. The standard InChI is InChI=1S/C12H20ClNO/c1-11(2)8-4-5-9(6-8)12(11,3)14-10(15)7-13/h8-9H,4-7H2,1-3H3,(H,14,15)/t8-,9+,12?/m1/s1. The van der Waals surface area contributed by atoms with E-state index in [1.807, 2.05) is 0 Å². The van der Waals surface area contributed by atoms with Crippen LogP contribution in [0.15, 0.2) is 0 Å². The maximum atomic E-state index is 11.5. The zero-order chi connectivity index (χ0) is 11.3. The first-order valence-electron chi connectivity index (χ1n) is 5.79. The largest absolute Gasteiger partial charge is 0.349 e. The zero-order valence-electron chi connectivity index (χ0n) is 9.77. The quantitative estimate of drug-likeness (QED) is 0.725. The molecule has 0 aromatic heterocycles. The van der Waals surface area contributed by atoms with Gasteiger partial charge in [-0.1, -0.05) is 13.8 Å². The fraction of sp³-hybridized carbons (Fsp3) is 0.917. The van der Waals surface area contributed by atoms with Crippen molar-refractivity contribution in [3.8, 4) is 0 Å². The molecule has 86 valence electrons. The number of hydrogen-bond acceptors (Lipinski definition) is 1. The molecular weight excluding hydrogens is 210 g/mol. The van der Waals surface area contributed by atoms with Crippen molar-refractivity contribution in [2.45, 2.75) is 45.6 Å². The second-order valence-electron chi connectivity index (χ2n) is 5.81. The highest BCUT2D eigenvalue weighted by Crippen LogP contribution is 2.61. The van der Waals surface area contributed by atoms with E-state index in [2.05, 4.69) is 26.1 Å². The van der Waals surface area contributed by atoms with E-state index in [1.165, 1.54) is 19.3 Å². The summed E-state index contributed by atoms with van der Waals surface area (Å²) in [7, 11) is 0. The molecule has 0 spiro atoms. The molecule has 2 rings (SSSR count). The second kappa shape index (κ2) is 3.38. The van der Waals surface area contributed by atoms with Gasteiger partial charge in [-0.15, -0.1) is 11.6 Å². The number of halogens is 1. The number of nitrogens with one attached hydrogen (secondary N) is 1. The van der Waals surface area contributed by atoms with Crippen LogP contribution < -0.4 is 5.32 Å². The summed E-state index contributed by atoms with van der Waals surface area (Å²) in [5, 5.41) is 3.16. The highest BCUT2D eigenvalue weighted by molar-refractivity contribution is 6.27. The number of carbonyl (C=O) groups excluding carboxylic acids is 1. The summed E-state index contributed by atoms with van der Waals surface area (Å²) in [6, 6.07) is 0. The maximum absolute atomic E-state index is 11.5. The molecule has 1 unspecified atom stereocenters. The van der Waals surface area contributed by atoms with Gasteiger partial charge in [-0.3, -0.25) is 4.79 Å². The Balaban J connectivity index is 2.23. The summed E-state index contributed by atoms with van der Waals surface area (Å²) in [5.74, 6) is 1.45. The fourth-order valence-electron chi connectivity index (χ4n) is 3.70. The Morgan fingerprint density at radius 3 is 2.40 bits per heavy atom. The lowest BCUT2D eigenvalue weighted by Gasteiger charge is -2.48. The number of rotatable bonds is 2. The first-order valence-corrected chi connectivity index (χ1v) is 6.32. The van der Waals surface area contributed by atoms with Crippen LogP contribution in [-0.4, -0.2) is 17.3 Å². The summed E-state index contributed by atoms with van der Waals surface area (Å²) in [6.07, 6.45) is 3.85. The topological polar surface area (TPSA) is 29.1 Å². The monoisotopic (exact) mass is 229 g/mol. The van der Waals surface area contributed by atoms with E-state index in [0.717, 1.165) is 5.92 Å². The van der Waals surface area contributed by atoms with E-state index >= 15 is 0 Å². The third-order valence-electron chi connectivity index (χ3n) is 5.13. The Hall–Kier alpha value is -0.240. The molecular formula is C12H20ClNO. The maximum Gasteiger partial charge on any atom is 0.235 e. The minimum Gasteiger partial charge on any atom is -0.349 e. The molecule has 0 aromatic rings. The number of amides is 1. The highest BCUT2D eigenvalue weighted by atomic mass is 35.5. The molecule has 3 atom stereocenters. The third-order valence-corrected chi connectivity index (χ3v) is 5.37. The minimum atomic E-state index is -0.0537. The molecule has 0 heterocycles. The lowest BCUT2D eigenvalue weighted by atomic mass is 9.64. The van der Waals surface area contributed by atoms with Gasteiger partial charge in [0.05, 0.1) is 0 Å². The molecule has 15 heavy (non-hydrogen) atoms. The first kappa shape index (κ1) is 11.3. The average molecular weight is 230 g/mol. The van der Waals surface area contributed by atoms with Gasteiger partial charge in [0.15, 0.2) is 0 Å². The lowest BCUT2D eigenvalue weighted by Crippen LogP contribution is -2.59. The van der Waals surface area contributed by atoms with E-state index in [0.29, 0.717) is 5.92 Å². The Morgan fingerprint density at radius 2 is 1.93 bits per heavy atom. The van der Waals surface area contributed by atoms with Gasteiger partial charge in [0.25, 0.3) is 0 Å². The van der Waals surface area contributed by atoms with E-state index in [9.17, 15) is 4.79 Å². The van der Waals surface area contributed by atoms with E-state index < -0.39 is 0 Å². The van der Waals surface area contributed by atoms with Crippen LogP contribution in [0.25, 0.3) is 0 Å². The third kappa shape index (κ3) is 1.41. The van der Waals surface area contributed by atoms with Crippen LogP contribution in [0.3, 0.4) is 0 Å². The molecule has 2 aliphatic carbocycles. The summed E-state index contributed by atoms with van der Waals surface area (Å²) in [4.78, 5) is 11.5. The van der Waals surface area contributed by atoms with Gasteiger partial charge in [0.1, 0.15) is 5.88 Å². The first-order chi connectivity index (χ1) is 6.91. The van der Waals surface area contributed by atoms with Gasteiger partial charge in [-0.2, -0.15) is 0 Å². The normalized spacial score (nSPS) is 41.9. The van der Waals surface area contributed by atoms with E-state index in [1.54, 1.807) is 0 Å². The Morgan fingerprint density at radius 1 is 1.33 bits per heavy atom. The van der Waals surface area contributed by atoms with Crippen molar-refractivity contribution in [2.24, 2.45) is 17.3 Å². The van der Waals surface area contributed by atoms with Crippen molar-refractivity contribution >= 4 is 17.5 Å². The minimum absolute atomic E-state index is 0.0280. The Kier molecular flexibility index (Phi) is 2.53. The van der Waals surface area contributed by atoms with Crippen LogP contribution in [0, 0.1) is 17.3 Å². The molecule has 0 radical (unpaired) electrons. The van der Waals surface area contributed by atoms with Gasteiger partial charge in [0, 0.05) is 5.54 Å². The Bertz CT molecular complexity index is 289. The van der Waals surface area contributed by atoms with E-state index in [-0.39, 0.29) is 22.7 Å². The average Bonchev–Trinajstić information content (AvgIpc) is 2.70. The molecule has 0 saturated heterocycles. The summed E-state index contributed by atoms with van der Waals surface area (Å²) in [5.41, 5.74) is 0.152. The SMILES string of the molecule is CC1(C)[C@@H]2CC[C@@H](C2)C1(C)NC(=O)CCl. The lowest BCUT2D eigenvalue weighted by molar-refractivity contribution is -0.123. The smallest absolute Gasteiger partial charge is 0.235 e. The summed E-state index contributed by atoms with van der Waals surface area (Å²) >= 11 is 5.58. The molecule has 1 N–H and O–H groups in total. The molecule has 2 aliphatic rings. The number of fused-ring (bicyclic) bond motifs is 2. The second-order valence-corrected chi connectivity index (χ2v) is 6.08. The molecule has 2 bridgehead atoms.